The van der Waals surface area contributed by atoms with Gasteiger partial charge in [-0.3, -0.25) is 0 Å². The van der Waals surface area contributed by atoms with Crippen LogP contribution < -0.4 is 10.2 Å². The van der Waals surface area contributed by atoms with Gasteiger partial charge in [-0.05, 0) is 50.7 Å². The number of amides is 1. The highest BCUT2D eigenvalue weighted by molar-refractivity contribution is 6.36. The number of carbonyl (C=O) groups is 1. The molecule has 0 unspecified atom stereocenters. The van der Waals surface area contributed by atoms with E-state index in [1.807, 2.05) is 0 Å². The van der Waals surface area contributed by atoms with Gasteiger partial charge < -0.3 is 25.2 Å². The number of aromatic nitrogens is 3. The van der Waals surface area contributed by atoms with Gasteiger partial charge in [-0.15, -0.1) is 0 Å². The highest BCUT2D eigenvalue weighted by Gasteiger charge is 2.41. The first-order valence-electron chi connectivity index (χ1n) is 9.48. The van der Waals surface area contributed by atoms with Gasteiger partial charge in [0.25, 0.3) is 0 Å². The van der Waals surface area contributed by atoms with Crippen molar-refractivity contribution in [3.05, 3.63) is 17.5 Å². The Kier molecular flexibility index (Phi) is 5.10. The summed E-state index contributed by atoms with van der Waals surface area (Å²) in [6.45, 7) is 5.62. The van der Waals surface area contributed by atoms with Crippen LogP contribution in [0.5, 0.6) is 0 Å². The maximum absolute atomic E-state index is 10.5. The molecule has 2 saturated heterocycles. The van der Waals surface area contributed by atoms with E-state index in [-0.39, 0.29) is 0 Å². The molecular formula is C18H25ClN6O2. The van der Waals surface area contributed by atoms with Crippen LogP contribution in [0.25, 0.3) is 11.0 Å². The third-order valence-electron chi connectivity index (χ3n) is 5.98. The summed E-state index contributed by atoms with van der Waals surface area (Å²) < 4.78 is 0. The molecule has 0 atom stereocenters. The van der Waals surface area contributed by atoms with Crippen molar-refractivity contribution < 1.29 is 9.90 Å². The van der Waals surface area contributed by atoms with Crippen LogP contribution >= 0.6 is 11.6 Å². The molecule has 0 saturated carbocycles. The van der Waals surface area contributed by atoms with Crippen LogP contribution in [0.4, 0.5) is 10.6 Å². The lowest BCUT2D eigenvalue weighted by atomic mass is 9.78. The molecule has 1 amide bonds. The summed E-state index contributed by atoms with van der Waals surface area (Å²) in [5.41, 5.74) is 1.13. The van der Waals surface area contributed by atoms with Crippen molar-refractivity contribution >= 4 is 34.5 Å². The van der Waals surface area contributed by atoms with E-state index in [1.165, 1.54) is 19.3 Å². The molecule has 2 aliphatic rings. The predicted octanol–water partition coefficient (Wildman–Crippen LogP) is 2.56. The van der Waals surface area contributed by atoms with Gasteiger partial charge in [0.15, 0.2) is 0 Å². The van der Waals surface area contributed by atoms with Crippen LogP contribution in [-0.2, 0) is 0 Å². The number of piperidine rings is 1. The van der Waals surface area contributed by atoms with Gasteiger partial charge in [-0.25, -0.2) is 14.8 Å². The molecule has 0 radical (unpaired) electrons. The summed E-state index contributed by atoms with van der Waals surface area (Å²) >= 11 is 6.35. The van der Waals surface area contributed by atoms with Crippen LogP contribution in [0.3, 0.4) is 0 Å². The van der Waals surface area contributed by atoms with Gasteiger partial charge in [-0.1, -0.05) is 11.6 Å². The smallest absolute Gasteiger partial charge is 0.404 e. The Bertz CT molecular complexity index is 817. The van der Waals surface area contributed by atoms with Crippen LogP contribution in [-0.4, -0.2) is 70.3 Å². The fraction of sp³-hybridized carbons (Fsp3) is 0.611. The highest BCUT2D eigenvalue weighted by Crippen LogP contribution is 2.43. The number of hydrogen-bond acceptors (Lipinski definition) is 5. The van der Waals surface area contributed by atoms with E-state index in [9.17, 15) is 4.79 Å². The number of nitrogens with one attached hydrogen (secondary N) is 2. The number of fused-ring (bicyclic) bond motifs is 1. The summed E-state index contributed by atoms with van der Waals surface area (Å²) in [5, 5.41) is 12.7. The molecule has 146 valence electrons. The van der Waals surface area contributed by atoms with Crippen molar-refractivity contribution in [1.29, 1.82) is 0 Å². The molecule has 27 heavy (non-hydrogen) atoms. The van der Waals surface area contributed by atoms with Gasteiger partial charge in [0.2, 0.25) is 0 Å². The van der Waals surface area contributed by atoms with Crippen molar-refractivity contribution in [2.75, 3.05) is 44.2 Å². The summed E-state index contributed by atoms with van der Waals surface area (Å²) in [6.07, 6.45) is 6.80. The lowest BCUT2D eigenvalue weighted by Gasteiger charge is -2.39. The summed E-state index contributed by atoms with van der Waals surface area (Å²) in [5.74, 6) is 0.935. The van der Waals surface area contributed by atoms with Crippen LogP contribution in [0.2, 0.25) is 5.02 Å². The molecule has 3 N–H and O–H groups in total. The summed E-state index contributed by atoms with van der Waals surface area (Å²) in [4.78, 5) is 27.2. The van der Waals surface area contributed by atoms with Crippen molar-refractivity contribution in [2.24, 2.45) is 5.41 Å². The topological polar surface area (TPSA) is 97.4 Å². The third kappa shape index (κ3) is 3.82. The quantitative estimate of drug-likeness (QED) is 0.676. The largest absolute Gasteiger partial charge is 0.465 e. The first-order chi connectivity index (χ1) is 13.1. The maximum atomic E-state index is 10.5. The molecule has 2 aromatic heterocycles. The summed E-state index contributed by atoms with van der Waals surface area (Å²) in [6, 6.07) is 0. The first-order valence-corrected chi connectivity index (χ1v) is 9.86. The highest BCUT2D eigenvalue weighted by atomic mass is 35.5. The van der Waals surface area contributed by atoms with E-state index in [1.54, 1.807) is 12.5 Å². The number of aromatic amines is 1. The Morgan fingerprint density at radius 3 is 2.85 bits per heavy atom. The zero-order valence-electron chi connectivity index (χ0n) is 15.2. The van der Waals surface area contributed by atoms with Gasteiger partial charge in [0, 0.05) is 25.8 Å². The fourth-order valence-corrected chi connectivity index (χ4v) is 4.65. The number of hydrogen-bond donors (Lipinski definition) is 3. The van der Waals surface area contributed by atoms with E-state index in [0.29, 0.717) is 17.0 Å². The predicted molar refractivity (Wildman–Crippen MR) is 104 cm³/mol. The van der Waals surface area contributed by atoms with Gasteiger partial charge in [-0.2, -0.15) is 0 Å². The zero-order chi connectivity index (χ0) is 18.9. The molecule has 2 aromatic rings. The molecule has 2 aliphatic heterocycles. The van der Waals surface area contributed by atoms with Crippen molar-refractivity contribution in [3.8, 4) is 0 Å². The average molecular weight is 393 g/mol. The number of carboxylic acid groups (broad SMARTS) is 1. The minimum Gasteiger partial charge on any atom is -0.465 e. The van der Waals surface area contributed by atoms with Crippen molar-refractivity contribution in [1.82, 2.24) is 25.2 Å². The van der Waals surface area contributed by atoms with E-state index in [0.717, 1.165) is 56.0 Å². The number of anilines is 1. The van der Waals surface area contributed by atoms with Crippen LogP contribution in [0.15, 0.2) is 12.5 Å². The molecule has 1 spiro atoms. The lowest BCUT2D eigenvalue weighted by molar-refractivity contribution is 0.119. The van der Waals surface area contributed by atoms with E-state index < -0.39 is 6.09 Å². The number of nitrogens with zero attached hydrogens (tertiary/aromatic N) is 4. The van der Waals surface area contributed by atoms with Crippen LogP contribution in [0.1, 0.15) is 25.7 Å². The second-order valence-electron chi connectivity index (χ2n) is 7.66. The molecule has 0 aliphatic carbocycles. The number of halogens is 1. The minimum absolute atomic E-state index is 0.343. The lowest BCUT2D eigenvalue weighted by Crippen LogP contribution is -2.42. The SMILES string of the molecule is O=C(O)NCCCN1CCC2(CC1)CCN(c1ncnc3[nH]cc(Cl)c13)C2. The fourth-order valence-electron chi connectivity index (χ4n) is 4.42. The second kappa shape index (κ2) is 7.52. The second-order valence-corrected chi connectivity index (χ2v) is 8.06. The van der Waals surface area contributed by atoms with Gasteiger partial charge >= 0.3 is 6.09 Å². The van der Waals surface area contributed by atoms with E-state index in [4.69, 9.17) is 16.7 Å². The first kappa shape index (κ1) is 18.3. The molecule has 2 fully saturated rings. The van der Waals surface area contributed by atoms with E-state index in [2.05, 4.69) is 30.1 Å². The molecule has 4 heterocycles. The van der Waals surface area contributed by atoms with E-state index >= 15 is 0 Å². The normalized spacial score (nSPS) is 19.8. The Hall–Kier alpha value is -2.06. The van der Waals surface area contributed by atoms with Gasteiger partial charge in [0.05, 0.1) is 10.4 Å². The Morgan fingerprint density at radius 1 is 1.30 bits per heavy atom. The third-order valence-corrected chi connectivity index (χ3v) is 6.28. The van der Waals surface area contributed by atoms with Gasteiger partial charge in [0.1, 0.15) is 17.8 Å². The van der Waals surface area contributed by atoms with Crippen molar-refractivity contribution in [2.45, 2.75) is 25.7 Å². The average Bonchev–Trinajstić information content (AvgIpc) is 3.25. The molecule has 0 aromatic carbocycles. The Balaban J connectivity index is 1.35. The molecule has 4 rings (SSSR count). The number of rotatable bonds is 5. The number of likely N-dealkylation sites (tertiary alicyclic amines) is 1. The van der Waals surface area contributed by atoms with Crippen molar-refractivity contribution in [3.63, 3.8) is 0 Å². The molecular weight excluding hydrogens is 368 g/mol. The molecule has 8 nitrogen and oxygen atoms in total. The standard InChI is InChI=1S/C18H25ClN6O2/c19-13-10-21-15-14(13)16(23-12-22-15)25-9-4-18(11-25)2-7-24(8-3-18)6-1-5-20-17(26)27/h10,12,20H,1-9,11H2,(H,26,27)(H,21,22,23). The summed E-state index contributed by atoms with van der Waals surface area (Å²) in [7, 11) is 0. The maximum Gasteiger partial charge on any atom is 0.404 e. The van der Waals surface area contributed by atoms with Crippen LogP contribution in [0, 0.1) is 5.41 Å². The zero-order valence-corrected chi connectivity index (χ0v) is 16.0. The minimum atomic E-state index is -0.944. The Labute approximate surface area is 162 Å². The molecule has 9 heteroatoms. The monoisotopic (exact) mass is 392 g/mol. The Morgan fingerprint density at radius 2 is 2.07 bits per heavy atom. The molecule has 0 bridgehead atoms. The number of H-pyrrole nitrogens is 1.